The number of alkyl halides is 3. The first kappa shape index (κ1) is 24.4. The molecule has 3 rings (SSSR count). The highest BCUT2D eigenvalue weighted by Crippen LogP contribution is 2.35. The average molecular weight is 491 g/mol. The monoisotopic (exact) mass is 491 g/mol. The lowest BCUT2D eigenvalue weighted by Gasteiger charge is -2.31. The van der Waals surface area contributed by atoms with Crippen molar-refractivity contribution in [3.8, 4) is 0 Å². The summed E-state index contributed by atoms with van der Waals surface area (Å²) < 4.78 is 70.5. The van der Waals surface area contributed by atoms with Crippen LogP contribution >= 0.6 is 0 Å². The van der Waals surface area contributed by atoms with Gasteiger partial charge in [-0.05, 0) is 38.8 Å². The van der Waals surface area contributed by atoms with Crippen LogP contribution in [0.15, 0.2) is 27.6 Å². The maximum Gasteiger partial charge on any atom is 0.416 e. The van der Waals surface area contributed by atoms with Crippen LogP contribution in [-0.2, 0) is 21.0 Å². The van der Waals surface area contributed by atoms with Crippen molar-refractivity contribution in [2.45, 2.75) is 37.8 Å². The van der Waals surface area contributed by atoms with Gasteiger partial charge in [0.2, 0.25) is 15.9 Å². The molecule has 1 aromatic heterocycles. The van der Waals surface area contributed by atoms with Crippen molar-refractivity contribution in [2.75, 3.05) is 18.5 Å². The van der Waals surface area contributed by atoms with E-state index in [0.29, 0.717) is 25.0 Å². The second-order valence-corrected chi connectivity index (χ2v) is 9.33. The average Bonchev–Trinajstić information content (AvgIpc) is 3.09. The molecule has 2 aromatic rings. The van der Waals surface area contributed by atoms with Gasteiger partial charge in [-0.15, -0.1) is 0 Å². The van der Waals surface area contributed by atoms with Crippen LogP contribution in [0.3, 0.4) is 0 Å². The van der Waals surface area contributed by atoms with Crippen LogP contribution in [0.25, 0.3) is 0 Å². The largest absolute Gasteiger partial charge is 0.416 e. The highest BCUT2D eigenvalue weighted by atomic mass is 32.2. The molecule has 0 saturated carbocycles. The molecule has 1 aliphatic rings. The Morgan fingerprint density at radius 3 is 2.61 bits per heavy atom. The molecule has 33 heavy (non-hydrogen) atoms. The molecule has 11 nitrogen and oxygen atoms in total. The molecular weight excluding hydrogens is 471 g/mol. The zero-order chi connectivity index (χ0) is 24.6. The van der Waals surface area contributed by atoms with Gasteiger partial charge in [0.15, 0.2) is 5.76 Å². The quantitative estimate of drug-likeness (QED) is 0.463. The summed E-state index contributed by atoms with van der Waals surface area (Å²) in [4.78, 5) is 22.7. The molecule has 2 N–H and O–H groups in total. The molecule has 1 unspecified atom stereocenters. The van der Waals surface area contributed by atoms with Crippen LogP contribution in [0.2, 0.25) is 0 Å². The van der Waals surface area contributed by atoms with Gasteiger partial charge in [-0.1, -0.05) is 5.16 Å². The maximum absolute atomic E-state index is 13.0. The number of nitrogens with zero attached hydrogens (tertiary/aromatic N) is 3. The first-order chi connectivity index (χ1) is 15.3. The van der Waals surface area contributed by atoms with Crippen LogP contribution < -0.4 is 10.9 Å². The van der Waals surface area contributed by atoms with Gasteiger partial charge in [-0.2, -0.15) is 17.5 Å². The fourth-order valence-corrected chi connectivity index (χ4v) is 5.36. The van der Waals surface area contributed by atoms with Crippen molar-refractivity contribution < 1.29 is 35.8 Å². The maximum atomic E-state index is 13.0. The topological polar surface area (TPSA) is 148 Å². The summed E-state index contributed by atoms with van der Waals surface area (Å²) in [6, 6.07) is 1.82. The third-order valence-corrected chi connectivity index (χ3v) is 7.27. The fourth-order valence-electron chi connectivity index (χ4n) is 3.54. The molecule has 1 fully saturated rings. The number of piperidine rings is 1. The number of benzene rings is 1. The van der Waals surface area contributed by atoms with E-state index in [2.05, 4.69) is 16.0 Å². The lowest BCUT2D eigenvalue weighted by molar-refractivity contribution is -0.384. The minimum Gasteiger partial charge on any atom is -0.360 e. The number of nitro benzene ring substituents is 1. The Labute approximate surface area is 186 Å². The number of nitro groups is 1. The Morgan fingerprint density at radius 2 is 2.03 bits per heavy atom. The number of nitrogens with one attached hydrogen (secondary N) is 2. The minimum absolute atomic E-state index is 0.0675. The van der Waals surface area contributed by atoms with E-state index in [1.54, 1.807) is 0 Å². The van der Waals surface area contributed by atoms with Gasteiger partial charge in [0.25, 0.3) is 5.69 Å². The van der Waals surface area contributed by atoms with E-state index in [4.69, 9.17) is 4.52 Å². The van der Waals surface area contributed by atoms with Crippen molar-refractivity contribution in [3.63, 3.8) is 0 Å². The molecule has 15 heteroatoms. The van der Waals surface area contributed by atoms with Gasteiger partial charge in [0, 0.05) is 19.2 Å². The highest BCUT2D eigenvalue weighted by Gasteiger charge is 2.37. The van der Waals surface area contributed by atoms with Gasteiger partial charge in [-0.25, -0.2) is 8.42 Å². The smallest absolute Gasteiger partial charge is 0.360 e. The summed E-state index contributed by atoms with van der Waals surface area (Å²) in [6.07, 6.45) is -4.05. The zero-order valence-electron chi connectivity index (χ0n) is 17.5. The number of sulfonamides is 1. The summed E-state index contributed by atoms with van der Waals surface area (Å²) in [5.74, 6) is -1.34. The third kappa shape index (κ3) is 5.08. The van der Waals surface area contributed by atoms with E-state index >= 15 is 0 Å². The van der Waals surface area contributed by atoms with E-state index in [9.17, 15) is 36.5 Å². The number of aryl methyl sites for hydroxylation is 2. The predicted molar refractivity (Wildman–Crippen MR) is 107 cm³/mol. The number of carbonyl (C=O) groups is 1. The van der Waals surface area contributed by atoms with E-state index in [1.807, 2.05) is 0 Å². The van der Waals surface area contributed by atoms with Crippen molar-refractivity contribution >= 4 is 27.3 Å². The number of aromatic nitrogens is 1. The molecule has 1 aliphatic heterocycles. The molecule has 1 atom stereocenters. The predicted octanol–water partition coefficient (Wildman–Crippen LogP) is 2.76. The van der Waals surface area contributed by atoms with Crippen LogP contribution in [-0.4, -0.2) is 41.8 Å². The number of anilines is 1. The summed E-state index contributed by atoms with van der Waals surface area (Å²) in [7, 11) is -3.97. The number of halogens is 3. The molecule has 0 bridgehead atoms. The van der Waals surface area contributed by atoms with Crippen LogP contribution in [0.1, 0.15) is 29.9 Å². The van der Waals surface area contributed by atoms with E-state index in [1.165, 1.54) is 13.8 Å². The summed E-state index contributed by atoms with van der Waals surface area (Å²) in [6.45, 7) is 2.96. The van der Waals surface area contributed by atoms with Crippen LogP contribution in [0.5, 0.6) is 0 Å². The molecule has 2 heterocycles. The van der Waals surface area contributed by atoms with Gasteiger partial charge in [-0.3, -0.25) is 25.8 Å². The number of hydrogen-bond acceptors (Lipinski definition) is 8. The summed E-state index contributed by atoms with van der Waals surface area (Å²) in [5.41, 5.74) is 2.25. The van der Waals surface area contributed by atoms with E-state index < -0.39 is 44.2 Å². The second kappa shape index (κ2) is 8.97. The lowest BCUT2D eigenvalue weighted by Crippen LogP contribution is -2.46. The summed E-state index contributed by atoms with van der Waals surface area (Å²) in [5, 5.41) is 14.8. The lowest BCUT2D eigenvalue weighted by atomic mass is 9.99. The molecule has 0 aliphatic carbocycles. The van der Waals surface area contributed by atoms with Crippen molar-refractivity contribution in [2.24, 2.45) is 5.92 Å². The second-order valence-electron chi connectivity index (χ2n) is 7.46. The van der Waals surface area contributed by atoms with Crippen LogP contribution in [0, 0.1) is 29.9 Å². The Balaban J connectivity index is 1.72. The number of hydrazine groups is 1. The van der Waals surface area contributed by atoms with Crippen LogP contribution in [0.4, 0.5) is 24.5 Å². The van der Waals surface area contributed by atoms with Gasteiger partial charge < -0.3 is 4.52 Å². The van der Waals surface area contributed by atoms with Crippen molar-refractivity contribution in [1.29, 1.82) is 0 Å². The normalized spacial score (nSPS) is 17.5. The van der Waals surface area contributed by atoms with Crippen molar-refractivity contribution in [3.05, 3.63) is 45.3 Å². The highest BCUT2D eigenvalue weighted by molar-refractivity contribution is 7.89. The van der Waals surface area contributed by atoms with Gasteiger partial charge >= 0.3 is 6.18 Å². The standard InChI is InChI=1S/C18H20F3N5O6S/c1-10-16(11(2)32-24-10)33(30,31)25-7-3-4-12(9-25)17(27)23-22-14-6-5-13(18(19,20)21)8-15(14)26(28)29/h5-6,8,12,22H,3-4,7,9H2,1-2H3,(H,23,27). The Kier molecular flexibility index (Phi) is 6.65. The summed E-state index contributed by atoms with van der Waals surface area (Å²) >= 11 is 0. The Bertz CT molecular complexity index is 1160. The first-order valence-electron chi connectivity index (χ1n) is 9.67. The SMILES string of the molecule is Cc1noc(C)c1S(=O)(=O)N1CCCC(C(=O)NNc2ccc(C(F)(F)F)cc2[N+](=O)[O-])C1. The Hall–Kier alpha value is -3.20. The third-order valence-electron chi connectivity index (χ3n) is 5.16. The molecule has 1 amide bonds. The molecule has 1 saturated heterocycles. The molecule has 1 aromatic carbocycles. The zero-order valence-corrected chi connectivity index (χ0v) is 18.3. The molecule has 0 spiro atoms. The first-order valence-corrected chi connectivity index (χ1v) is 11.1. The van der Waals surface area contributed by atoms with Crippen molar-refractivity contribution in [1.82, 2.24) is 14.9 Å². The molecule has 180 valence electrons. The minimum atomic E-state index is -4.77. The number of carbonyl (C=O) groups excluding carboxylic acids is 1. The fraction of sp³-hybridized carbons (Fsp3) is 0.444. The molecule has 0 radical (unpaired) electrons. The number of amides is 1. The number of rotatable bonds is 6. The van der Waals surface area contributed by atoms with E-state index in [-0.39, 0.29) is 35.1 Å². The van der Waals surface area contributed by atoms with Gasteiger partial charge in [0.1, 0.15) is 16.3 Å². The van der Waals surface area contributed by atoms with Gasteiger partial charge in [0.05, 0.1) is 16.4 Å². The number of hydrogen-bond donors (Lipinski definition) is 2. The van der Waals surface area contributed by atoms with E-state index in [0.717, 1.165) is 10.4 Å². The Morgan fingerprint density at radius 1 is 1.33 bits per heavy atom. The molecular formula is C18H20F3N5O6S.